The average Bonchev–Trinajstić information content (AvgIpc) is 2.44. The van der Waals surface area contributed by atoms with E-state index < -0.39 is 0 Å². The monoisotopic (exact) mass is 292 g/mol. The Kier molecular flexibility index (Phi) is 4.74. The normalized spacial score (nSPS) is 10.6. The molecule has 0 bridgehead atoms. The predicted octanol–water partition coefficient (Wildman–Crippen LogP) is 2.25. The first kappa shape index (κ1) is 14.5. The second-order valence-corrected chi connectivity index (χ2v) is 5.00. The highest BCUT2D eigenvalue weighted by atomic mass is 35.5. The molecule has 2 aromatic rings. The van der Waals surface area contributed by atoms with Gasteiger partial charge in [-0.1, -0.05) is 18.5 Å². The lowest BCUT2D eigenvalue weighted by Gasteiger charge is -2.19. The number of carbonyl (C=O) groups is 1. The standard InChI is InChI=1S/C14H17ClN4O/c1-3-6-16-13(20)8-19(2)14-11-5-4-10(15)7-12(11)17-9-18-14/h4-5,7,9H,3,6,8H2,1-2H3,(H,16,20). The fourth-order valence-corrected chi connectivity index (χ4v) is 2.10. The molecule has 0 aliphatic rings. The van der Waals surface area contributed by atoms with Gasteiger partial charge in [-0.3, -0.25) is 4.79 Å². The predicted molar refractivity (Wildman–Crippen MR) is 81.1 cm³/mol. The van der Waals surface area contributed by atoms with Crippen LogP contribution in [0.5, 0.6) is 0 Å². The fraction of sp³-hybridized carbons (Fsp3) is 0.357. The molecule has 0 atom stereocenters. The van der Waals surface area contributed by atoms with Crippen molar-refractivity contribution in [1.82, 2.24) is 15.3 Å². The van der Waals surface area contributed by atoms with Crippen LogP contribution in [-0.4, -0.2) is 36.0 Å². The van der Waals surface area contributed by atoms with Crippen LogP contribution in [0.4, 0.5) is 5.82 Å². The van der Waals surface area contributed by atoms with E-state index in [2.05, 4.69) is 15.3 Å². The van der Waals surface area contributed by atoms with Gasteiger partial charge in [-0.2, -0.15) is 0 Å². The maximum absolute atomic E-state index is 11.8. The molecule has 0 unspecified atom stereocenters. The van der Waals surface area contributed by atoms with Gasteiger partial charge in [0.25, 0.3) is 0 Å². The van der Waals surface area contributed by atoms with Crippen molar-refractivity contribution in [2.24, 2.45) is 0 Å². The van der Waals surface area contributed by atoms with E-state index >= 15 is 0 Å². The van der Waals surface area contributed by atoms with Gasteiger partial charge in [0.15, 0.2) is 0 Å². The SMILES string of the molecule is CCCNC(=O)CN(C)c1ncnc2cc(Cl)ccc12. The van der Waals surface area contributed by atoms with Crippen LogP contribution in [0.15, 0.2) is 24.5 Å². The van der Waals surface area contributed by atoms with Crippen LogP contribution in [-0.2, 0) is 4.79 Å². The molecule has 5 nitrogen and oxygen atoms in total. The van der Waals surface area contributed by atoms with Gasteiger partial charge in [0, 0.05) is 24.0 Å². The first-order valence-corrected chi connectivity index (χ1v) is 6.87. The summed E-state index contributed by atoms with van der Waals surface area (Å²) in [5, 5.41) is 4.35. The topological polar surface area (TPSA) is 58.1 Å². The summed E-state index contributed by atoms with van der Waals surface area (Å²) >= 11 is 5.95. The molecule has 0 saturated heterocycles. The number of likely N-dealkylation sites (N-methyl/N-ethyl adjacent to an activating group) is 1. The van der Waals surface area contributed by atoms with E-state index in [1.165, 1.54) is 6.33 Å². The number of hydrogen-bond donors (Lipinski definition) is 1. The first-order valence-electron chi connectivity index (χ1n) is 6.50. The number of rotatable bonds is 5. The molecule has 0 aliphatic carbocycles. The number of carbonyl (C=O) groups excluding carboxylic acids is 1. The summed E-state index contributed by atoms with van der Waals surface area (Å²) in [6, 6.07) is 5.45. The maximum Gasteiger partial charge on any atom is 0.239 e. The highest BCUT2D eigenvalue weighted by Gasteiger charge is 2.12. The number of nitrogens with zero attached hydrogens (tertiary/aromatic N) is 3. The van der Waals surface area contributed by atoms with E-state index in [-0.39, 0.29) is 12.5 Å². The highest BCUT2D eigenvalue weighted by Crippen LogP contribution is 2.24. The molecule has 0 spiro atoms. The number of fused-ring (bicyclic) bond motifs is 1. The van der Waals surface area contributed by atoms with Crippen molar-refractivity contribution in [2.45, 2.75) is 13.3 Å². The molecule has 0 radical (unpaired) electrons. The summed E-state index contributed by atoms with van der Waals surface area (Å²) in [6.45, 7) is 2.97. The minimum absolute atomic E-state index is 0.0184. The van der Waals surface area contributed by atoms with E-state index in [0.717, 1.165) is 23.1 Å². The molecule has 1 N–H and O–H groups in total. The second kappa shape index (κ2) is 6.52. The Morgan fingerprint density at radius 2 is 2.20 bits per heavy atom. The minimum Gasteiger partial charge on any atom is -0.355 e. The molecule has 20 heavy (non-hydrogen) atoms. The smallest absolute Gasteiger partial charge is 0.239 e. The maximum atomic E-state index is 11.8. The molecular weight excluding hydrogens is 276 g/mol. The van der Waals surface area contributed by atoms with Crippen LogP contribution in [0.2, 0.25) is 5.02 Å². The third-order valence-electron chi connectivity index (χ3n) is 2.89. The Morgan fingerprint density at radius 1 is 1.40 bits per heavy atom. The van der Waals surface area contributed by atoms with Crippen LogP contribution < -0.4 is 10.2 Å². The van der Waals surface area contributed by atoms with Crippen molar-refractivity contribution in [3.05, 3.63) is 29.5 Å². The van der Waals surface area contributed by atoms with Gasteiger partial charge in [0.1, 0.15) is 12.1 Å². The Labute approximate surface area is 123 Å². The molecule has 0 saturated carbocycles. The highest BCUT2D eigenvalue weighted by molar-refractivity contribution is 6.31. The van der Waals surface area contributed by atoms with E-state index in [9.17, 15) is 4.79 Å². The molecule has 1 aromatic carbocycles. The van der Waals surface area contributed by atoms with Crippen LogP contribution >= 0.6 is 11.6 Å². The Hall–Kier alpha value is -1.88. The van der Waals surface area contributed by atoms with Crippen LogP contribution in [0.3, 0.4) is 0 Å². The molecule has 1 aromatic heterocycles. The number of nitrogens with one attached hydrogen (secondary N) is 1. The van der Waals surface area contributed by atoms with Gasteiger partial charge in [-0.15, -0.1) is 0 Å². The largest absolute Gasteiger partial charge is 0.355 e. The number of anilines is 1. The van der Waals surface area contributed by atoms with E-state index in [1.807, 2.05) is 24.9 Å². The average molecular weight is 293 g/mol. The van der Waals surface area contributed by atoms with Crippen LogP contribution in [0, 0.1) is 0 Å². The molecule has 1 heterocycles. The summed E-state index contributed by atoms with van der Waals surface area (Å²) in [6.07, 6.45) is 2.40. The molecule has 0 fully saturated rings. The second-order valence-electron chi connectivity index (χ2n) is 4.56. The van der Waals surface area contributed by atoms with E-state index in [0.29, 0.717) is 11.6 Å². The van der Waals surface area contributed by atoms with Gasteiger partial charge in [-0.05, 0) is 24.6 Å². The van der Waals surface area contributed by atoms with Crippen molar-refractivity contribution >= 4 is 34.2 Å². The Bertz CT molecular complexity index is 617. The van der Waals surface area contributed by atoms with Gasteiger partial charge in [-0.25, -0.2) is 9.97 Å². The lowest BCUT2D eigenvalue weighted by Crippen LogP contribution is -2.35. The van der Waals surface area contributed by atoms with Gasteiger partial charge in [0.05, 0.1) is 12.1 Å². The molecule has 106 valence electrons. The van der Waals surface area contributed by atoms with Crippen molar-refractivity contribution in [3.8, 4) is 0 Å². The van der Waals surface area contributed by atoms with E-state index in [4.69, 9.17) is 11.6 Å². The Balaban J connectivity index is 2.21. The minimum atomic E-state index is -0.0184. The van der Waals surface area contributed by atoms with Crippen molar-refractivity contribution < 1.29 is 4.79 Å². The summed E-state index contributed by atoms with van der Waals surface area (Å²) in [5.41, 5.74) is 0.767. The van der Waals surface area contributed by atoms with Gasteiger partial charge >= 0.3 is 0 Å². The van der Waals surface area contributed by atoms with Crippen LogP contribution in [0.25, 0.3) is 10.9 Å². The first-order chi connectivity index (χ1) is 9.61. The lowest BCUT2D eigenvalue weighted by atomic mass is 10.2. The van der Waals surface area contributed by atoms with Gasteiger partial charge in [0.2, 0.25) is 5.91 Å². The summed E-state index contributed by atoms with van der Waals surface area (Å²) in [4.78, 5) is 22.0. The zero-order valence-corrected chi connectivity index (χ0v) is 12.3. The fourth-order valence-electron chi connectivity index (χ4n) is 1.93. The summed E-state index contributed by atoms with van der Waals surface area (Å²) < 4.78 is 0. The molecular formula is C14H17ClN4O. The quantitative estimate of drug-likeness (QED) is 0.918. The van der Waals surface area contributed by atoms with Crippen LogP contribution in [0.1, 0.15) is 13.3 Å². The number of benzene rings is 1. The zero-order chi connectivity index (χ0) is 14.5. The van der Waals surface area contributed by atoms with Crippen molar-refractivity contribution in [1.29, 1.82) is 0 Å². The summed E-state index contributed by atoms with van der Waals surface area (Å²) in [5.74, 6) is 0.702. The molecule has 6 heteroatoms. The van der Waals surface area contributed by atoms with Gasteiger partial charge < -0.3 is 10.2 Å². The number of aromatic nitrogens is 2. The van der Waals surface area contributed by atoms with Crippen molar-refractivity contribution in [2.75, 3.05) is 25.0 Å². The molecule has 1 amide bonds. The molecule has 0 aliphatic heterocycles. The zero-order valence-electron chi connectivity index (χ0n) is 11.6. The Morgan fingerprint density at radius 3 is 2.95 bits per heavy atom. The number of hydrogen-bond acceptors (Lipinski definition) is 4. The number of halogens is 1. The van der Waals surface area contributed by atoms with Crippen molar-refractivity contribution in [3.63, 3.8) is 0 Å². The lowest BCUT2D eigenvalue weighted by molar-refractivity contribution is -0.119. The van der Waals surface area contributed by atoms with E-state index in [1.54, 1.807) is 12.1 Å². The third-order valence-corrected chi connectivity index (χ3v) is 3.13. The number of amides is 1. The third kappa shape index (κ3) is 3.36. The summed E-state index contributed by atoms with van der Waals surface area (Å²) in [7, 11) is 1.84. The molecule has 2 rings (SSSR count).